The third kappa shape index (κ3) is 5.63. The molecule has 0 radical (unpaired) electrons. The molecule has 0 N–H and O–H groups in total. The highest BCUT2D eigenvalue weighted by molar-refractivity contribution is 5.70. The molecule has 0 spiro atoms. The summed E-state index contributed by atoms with van der Waals surface area (Å²) in [7, 11) is 0. The van der Waals surface area contributed by atoms with Crippen LogP contribution in [0.1, 0.15) is 69.1 Å². The van der Waals surface area contributed by atoms with Gasteiger partial charge in [-0.1, -0.05) is 69.9 Å². The predicted octanol–water partition coefficient (Wildman–Crippen LogP) is 7.27. The molecule has 0 aliphatic heterocycles. The monoisotopic (exact) mass is 338 g/mol. The molecule has 1 heteroatoms. The largest absolute Gasteiger partial charge is 0.493 e. The molecule has 0 unspecified atom stereocenters. The zero-order valence-corrected chi connectivity index (χ0v) is 16.5. The highest BCUT2D eigenvalue weighted by Gasteiger charge is 2.09. The Balaban J connectivity index is 2.05. The fourth-order valence-corrected chi connectivity index (χ4v) is 3.21. The van der Waals surface area contributed by atoms with Gasteiger partial charge < -0.3 is 4.74 Å². The van der Waals surface area contributed by atoms with E-state index < -0.39 is 0 Å². The van der Waals surface area contributed by atoms with Crippen LogP contribution in [-0.2, 0) is 6.42 Å². The molecule has 2 aromatic rings. The summed E-state index contributed by atoms with van der Waals surface area (Å²) in [6.45, 7) is 9.69. The second-order valence-electron chi connectivity index (χ2n) is 7.07. The molecule has 2 aromatic carbocycles. The lowest BCUT2D eigenvalue weighted by molar-refractivity contribution is 0.303. The van der Waals surface area contributed by atoms with Crippen LogP contribution in [0, 0.1) is 13.8 Å². The highest BCUT2D eigenvalue weighted by atomic mass is 16.5. The van der Waals surface area contributed by atoms with Gasteiger partial charge in [0.15, 0.2) is 0 Å². The van der Waals surface area contributed by atoms with Gasteiger partial charge in [-0.25, -0.2) is 0 Å². The number of ether oxygens (including phenoxy) is 1. The average Bonchev–Trinajstić information content (AvgIpc) is 2.64. The Morgan fingerprint density at radius 2 is 1.44 bits per heavy atom. The lowest BCUT2D eigenvalue weighted by Gasteiger charge is -2.15. The van der Waals surface area contributed by atoms with E-state index in [-0.39, 0.29) is 0 Å². The molecule has 0 atom stereocenters. The van der Waals surface area contributed by atoms with E-state index in [2.05, 4.69) is 64.1 Å². The standard InChI is InChI=1S/C24H34O/c1-5-7-9-10-18-25-24-17-16-23(19(3)20(24)4)22-14-12-21(13-15-22)11-8-6-2/h12-17H,5-11,18H2,1-4H3. The first kappa shape index (κ1) is 19.6. The van der Waals surface area contributed by atoms with Crippen molar-refractivity contribution in [3.63, 3.8) is 0 Å². The zero-order chi connectivity index (χ0) is 18.1. The Hall–Kier alpha value is -1.76. The Labute approximate surface area is 154 Å². The fourth-order valence-electron chi connectivity index (χ4n) is 3.21. The second-order valence-corrected chi connectivity index (χ2v) is 7.07. The van der Waals surface area contributed by atoms with Crippen molar-refractivity contribution in [3.05, 3.63) is 53.1 Å². The molecule has 2 rings (SSSR count). The fraction of sp³-hybridized carbons (Fsp3) is 0.500. The van der Waals surface area contributed by atoms with Crippen LogP contribution in [0.15, 0.2) is 36.4 Å². The lowest BCUT2D eigenvalue weighted by Crippen LogP contribution is -2.00. The lowest BCUT2D eigenvalue weighted by atomic mass is 9.95. The third-order valence-electron chi connectivity index (χ3n) is 5.08. The Morgan fingerprint density at radius 1 is 0.720 bits per heavy atom. The topological polar surface area (TPSA) is 9.23 Å². The summed E-state index contributed by atoms with van der Waals surface area (Å²) in [6.07, 6.45) is 8.67. The van der Waals surface area contributed by atoms with Crippen LogP contribution in [0.2, 0.25) is 0 Å². The Kier molecular flexibility index (Phi) is 8.04. The van der Waals surface area contributed by atoms with Crippen LogP contribution >= 0.6 is 0 Å². The summed E-state index contributed by atoms with van der Waals surface area (Å²) in [6, 6.07) is 13.4. The van der Waals surface area contributed by atoms with Crippen LogP contribution in [0.25, 0.3) is 11.1 Å². The molecule has 0 heterocycles. The van der Waals surface area contributed by atoms with E-state index in [9.17, 15) is 0 Å². The van der Waals surface area contributed by atoms with Gasteiger partial charge in [-0.15, -0.1) is 0 Å². The van der Waals surface area contributed by atoms with Crippen molar-refractivity contribution in [2.75, 3.05) is 6.61 Å². The van der Waals surface area contributed by atoms with E-state index in [4.69, 9.17) is 4.74 Å². The van der Waals surface area contributed by atoms with Crippen LogP contribution in [0.4, 0.5) is 0 Å². The van der Waals surface area contributed by atoms with Crippen molar-refractivity contribution < 1.29 is 4.74 Å². The maximum atomic E-state index is 6.02. The number of benzene rings is 2. The Bertz CT molecular complexity index is 640. The van der Waals surface area contributed by atoms with Crippen LogP contribution in [0.5, 0.6) is 5.75 Å². The second kappa shape index (κ2) is 10.3. The summed E-state index contributed by atoms with van der Waals surface area (Å²) in [5.41, 5.74) is 6.65. The summed E-state index contributed by atoms with van der Waals surface area (Å²) in [5.74, 6) is 1.04. The number of hydrogen-bond donors (Lipinski definition) is 0. The quantitative estimate of drug-likeness (QED) is 0.414. The minimum absolute atomic E-state index is 0.825. The van der Waals surface area contributed by atoms with Crippen molar-refractivity contribution in [2.45, 2.75) is 72.6 Å². The first-order valence-electron chi connectivity index (χ1n) is 9.99. The smallest absolute Gasteiger partial charge is 0.122 e. The maximum absolute atomic E-state index is 6.02. The van der Waals surface area contributed by atoms with Crippen LogP contribution in [-0.4, -0.2) is 6.61 Å². The van der Waals surface area contributed by atoms with Crippen molar-refractivity contribution in [2.24, 2.45) is 0 Å². The molecule has 0 saturated heterocycles. The van der Waals surface area contributed by atoms with Crippen molar-refractivity contribution in [3.8, 4) is 16.9 Å². The van der Waals surface area contributed by atoms with Gasteiger partial charge >= 0.3 is 0 Å². The van der Waals surface area contributed by atoms with Gasteiger partial charge in [0.1, 0.15) is 5.75 Å². The van der Waals surface area contributed by atoms with E-state index in [0.29, 0.717) is 0 Å². The van der Waals surface area contributed by atoms with Gasteiger partial charge in [-0.2, -0.15) is 0 Å². The minimum atomic E-state index is 0.825. The van der Waals surface area contributed by atoms with Gasteiger partial charge in [-0.05, 0) is 67.0 Å². The number of unbranched alkanes of at least 4 members (excludes halogenated alkanes) is 4. The number of aryl methyl sites for hydroxylation is 1. The van der Waals surface area contributed by atoms with Gasteiger partial charge in [0, 0.05) is 0 Å². The molecule has 0 fully saturated rings. The van der Waals surface area contributed by atoms with E-state index in [1.54, 1.807) is 0 Å². The molecule has 0 saturated carbocycles. The Morgan fingerprint density at radius 3 is 2.12 bits per heavy atom. The van der Waals surface area contributed by atoms with Gasteiger partial charge in [0.2, 0.25) is 0 Å². The molecule has 0 aliphatic carbocycles. The number of hydrogen-bond acceptors (Lipinski definition) is 1. The normalized spacial score (nSPS) is 10.9. The van der Waals surface area contributed by atoms with Gasteiger partial charge in [0.25, 0.3) is 0 Å². The van der Waals surface area contributed by atoms with Crippen molar-refractivity contribution >= 4 is 0 Å². The first-order chi connectivity index (χ1) is 12.2. The van der Waals surface area contributed by atoms with E-state index in [1.165, 1.54) is 66.3 Å². The summed E-state index contributed by atoms with van der Waals surface area (Å²) in [5, 5.41) is 0. The predicted molar refractivity (Wildman–Crippen MR) is 110 cm³/mol. The van der Waals surface area contributed by atoms with E-state index in [1.807, 2.05) is 0 Å². The third-order valence-corrected chi connectivity index (χ3v) is 5.08. The molecule has 0 aromatic heterocycles. The molecule has 0 amide bonds. The van der Waals surface area contributed by atoms with Crippen LogP contribution < -0.4 is 4.74 Å². The summed E-state index contributed by atoms with van der Waals surface area (Å²) >= 11 is 0. The molecule has 0 aliphatic rings. The number of rotatable bonds is 10. The zero-order valence-electron chi connectivity index (χ0n) is 16.5. The van der Waals surface area contributed by atoms with Crippen molar-refractivity contribution in [1.82, 2.24) is 0 Å². The maximum Gasteiger partial charge on any atom is 0.122 e. The molecule has 25 heavy (non-hydrogen) atoms. The molecular weight excluding hydrogens is 304 g/mol. The molecule has 1 nitrogen and oxygen atoms in total. The highest BCUT2D eigenvalue weighted by Crippen LogP contribution is 2.31. The summed E-state index contributed by atoms with van der Waals surface area (Å²) < 4.78 is 6.02. The first-order valence-corrected chi connectivity index (χ1v) is 9.99. The van der Waals surface area contributed by atoms with Crippen molar-refractivity contribution in [1.29, 1.82) is 0 Å². The van der Waals surface area contributed by atoms with Gasteiger partial charge in [-0.3, -0.25) is 0 Å². The van der Waals surface area contributed by atoms with Crippen LogP contribution in [0.3, 0.4) is 0 Å². The van der Waals surface area contributed by atoms with Gasteiger partial charge in [0.05, 0.1) is 6.61 Å². The summed E-state index contributed by atoms with van der Waals surface area (Å²) in [4.78, 5) is 0. The van der Waals surface area contributed by atoms with E-state index in [0.717, 1.165) is 18.8 Å². The SMILES string of the molecule is CCCCCCOc1ccc(-c2ccc(CCCC)cc2)c(C)c1C. The minimum Gasteiger partial charge on any atom is -0.493 e. The van der Waals surface area contributed by atoms with E-state index >= 15 is 0 Å². The molecular formula is C24H34O. The average molecular weight is 339 g/mol. The molecule has 0 bridgehead atoms. The molecule has 136 valence electrons.